The van der Waals surface area contributed by atoms with Gasteiger partial charge in [-0.1, -0.05) is 0 Å². The average molecular weight is 945 g/mol. The lowest BCUT2D eigenvalue weighted by Gasteiger charge is -2.47. The lowest BCUT2D eigenvalue weighted by molar-refractivity contribution is -0.0874. The van der Waals surface area contributed by atoms with Crippen molar-refractivity contribution in [2.24, 2.45) is 0 Å². The third kappa shape index (κ3) is 11.6. The number of nitrogens with zero attached hydrogens (tertiary/aromatic N) is 3. The Morgan fingerprint density at radius 1 is 0.746 bits per heavy atom. The lowest BCUT2D eigenvalue weighted by Crippen LogP contribution is -2.52. The van der Waals surface area contributed by atoms with E-state index in [0.717, 1.165) is 58.2 Å². The molecule has 59 heavy (non-hydrogen) atoms. The minimum absolute atomic E-state index is 0.0245. The summed E-state index contributed by atoms with van der Waals surface area (Å²) in [7, 11) is 0. The highest BCUT2D eigenvalue weighted by molar-refractivity contribution is 9.10. The molecule has 4 aromatic rings. The molecule has 2 aromatic heterocycles. The van der Waals surface area contributed by atoms with Crippen molar-refractivity contribution >= 4 is 43.7 Å². The van der Waals surface area contributed by atoms with E-state index in [4.69, 9.17) is 24.1 Å². The first-order chi connectivity index (χ1) is 28.1. The van der Waals surface area contributed by atoms with Crippen LogP contribution in [0.5, 0.6) is 11.5 Å². The third-order valence-corrected chi connectivity index (χ3v) is 11.6. The largest absolute Gasteiger partial charge is 0.487 e. The molecule has 0 bridgehead atoms. The maximum Gasteiger partial charge on any atom is 0.354 e. The van der Waals surface area contributed by atoms with Crippen molar-refractivity contribution in [2.75, 3.05) is 26.2 Å². The molecular weight excluding hydrogens is 894 g/mol. The van der Waals surface area contributed by atoms with Gasteiger partial charge in [0, 0.05) is 71.2 Å². The summed E-state index contributed by atoms with van der Waals surface area (Å²) < 4.78 is 53.7. The highest BCUT2D eigenvalue weighted by Crippen LogP contribution is 2.47. The van der Waals surface area contributed by atoms with E-state index in [1.165, 1.54) is 30.5 Å². The van der Waals surface area contributed by atoms with Crippen molar-refractivity contribution in [3.63, 3.8) is 0 Å². The molecule has 11 nitrogen and oxygen atoms in total. The number of carbonyl (C=O) groups excluding carboxylic acids is 1. The highest BCUT2D eigenvalue weighted by atomic mass is 79.9. The molecule has 0 saturated carbocycles. The normalized spacial score (nSPS) is 19.9. The Kier molecular flexibility index (Phi) is 14.8. The maximum absolute atomic E-state index is 13.8. The van der Waals surface area contributed by atoms with Crippen LogP contribution in [-0.2, 0) is 9.47 Å². The molecule has 316 valence electrons. The van der Waals surface area contributed by atoms with Gasteiger partial charge in [-0.05, 0) is 146 Å². The number of carboxylic acid groups (broad SMARTS) is 1. The number of carbonyl (C=O) groups is 2. The number of pyridine rings is 2. The molecule has 2 spiro atoms. The minimum Gasteiger partial charge on any atom is -0.487 e. The molecule has 0 radical (unpaired) electrons. The van der Waals surface area contributed by atoms with E-state index >= 15 is 0 Å². The predicted octanol–water partition coefficient (Wildman–Crippen LogP) is 9.65. The van der Waals surface area contributed by atoms with E-state index in [0.29, 0.717) is 43.8 Å². The highest BCUT2D eigenvalue weighted by Gasteiger charge is 2.45. The van der Waals surface area contributed by atoms with E-state index in [2.05, 4.69) is 47.1 Å². The Hall–Kier alpha value is -4.02. The Morgan fingerprint density at radius 3 is 1.63 bits per heavy atom. The number of hydrogen-bond acceptors (Lipinski definition) is 9. The molecule has 4 aliphatic rings. The summed E-state index contributed by atoms with van der Waals surface area (Å²) in [6, 6.07) is 16.0. The number of ether oxygens (including phenoxy) is 4. The van der Waals surface area contributed by atoms with Crippen molar-refractivity contribution in [1.82, 2.24) is 20.2 Å². The number of piperidine rings is 2. The summed E-state index contributed by atoms with van der Waals surface area (Å²) in [5.41, 5.74) is 1.55. The van der Waals surface area contributed by atoms with Crippen LogP contribution in [-0.4, -0.2) is 81.4 Å². The number of rotatable bonds is 6. The van der Waals surface area contributed by atoms with Crippen LogP contribution in [0, 0.1) is 11.6 Å². The van der Waals surface area contributed by atoms with Crippen LogP contribution in [0.2, 0.25) is 0 Å². The molecule has 2 N–H and O–H groups in total. The van der Waals surface area contributed by atoms with Crippen LogP contribution in [0.4, 0.5) is 8.78 Å². The molecular formula is C44H50Br2F2N4O7. The number of aromatic carboxylic acids is 1. The summed E-state index contributed by atoms with van der Waals surface area (Å²) in [4.78, 5) is 32.7. The van der Waals surface area contributed by atoms with Gasteiger partial charge in [0.1, 0.15) is 45.7 Å². The molecule has 1 amide bonds. The average Bonchev–Trinajstić information content (AvgIpc) is 3.19. The maximum atomic E-state index is 13.8. The molecule has 2 aromatic carbocycles. The summed E-state index contributed by atoms with van der Waals surface area (Å²) >= 11 is 6.48. The first-order valence-corrected chi connectivity index (χ1v) is 21.5. The second-order valence-electron chi connectivity index (χ2n) is 15.8. The van der Waals surface area contributed by atoms with E-state index < -0.39 is 11.6 Å². The number of amides is 1. The molecule has 8 rings (SSSR count). The van der Waals surface area contributed by atoms with Crippen LogP contribution in [0.1, 0.15) is 111 Å². The number of hydrogen-bond donors (Lipinski definition) is 2. The van der Waals surface area contributed by atoms with Gasteiger partial charge in [-0.2, -0.15) is 0 Å². The van der Waals surface area contributed by atoms with E-state index in [-0.39, 0.29) is 53.3 Å². The molecule has 15 heteroatoms. The summed E-state index contributed by atoms with van der Waals surface area (Å²) in [6.45, 7) is 11.1. The van der Waals surface area contributed by atoms with Crippen molar-refractivity contribution in [1.29, 1.82) is 0 Å². The minimum atomic E-state index is -1.01. The second kappa shape index (κ2) is 19.6. The Labute approximate surface area is 360 Å². The van der Waals surface area contributed by atoms with Crippen LogP contribution in [0.3, 0.4) is 0 Å². The zero-order chi connectivity index (χ0) is 42.3. The molecule has 0 unspecified atom stereocenters. The standard InChI is InChI=1S/C22H24BrFN2O3.C16H22FNO2.C6H4BrNO2/c1-14(2)28-20-12-22(29-19-6-4-16(24)11-17(19)20)7-9-26(10-8-22)21(27)18-5-3-15(23)13-25-18;1-11(2)19-15-10-16(5-7-18-8-6-16)20-14-4-3-12(17)9-13(14)15;7-4-1-2-5(6(9)10)8-3-4/h3-6,11,13-14,20H,7-10,12H2,1-2H3;3-4,9,11,15,18H,5-8,10H2,1-2H3;1-3H,(H,9,10)/t20-;15-;/m11./s1. The third-order valence-electron chi connectivity index (χ3n) is 10.6. The fourth-order valence-corrected chi connectivity index (χ4v) is 8.32. The van der Waals surface area contributed by atoms with Crippen LogP contribution < -0.4 is 14.8 Å². The number of halogens is 4. The number of nitrogens with one attached hydrogen (secondary N) is 1. The van der Waals surface area contributed by atoms with Gasteiger partial charge in [0.2, 0.25) is 0 Å². The molecule has 2 saturated heterocycles. The molecule has 2 fully saturated rings. The predicted molar refractivity (Wildman–Crippen MR) is 225 cm³/mol. The fourth-order valence-electron chi connectivity index (χ4n) is 7.85. The van der Waals surface area contributed by atoms with Crippen molar-refractivity contribution in [3.8, 4) is 11.5 Å². The van der Waals surface area contributed by atoms with E-state index in [1.807, 2.05) is 38.7 Å². The molecule has 6 heterocycles. The topological polar surface area (TPSA) is 132 Å². The van der Waals surface area contributed by atoms with Gasteiger partial charge in [0.15, 0.2) is 0 Å². The first-order valence-electron chi connectivity index (χ1n) is 19.9. The SMILES string of the molecule is CC(C)O[C@@H]1CC2(CCN(C(=O)c3ccc(Br)cn3)CC2)Oc2ccc(F)cc21.CC(C)O[C@@H]1CC2(CCNCC2)Oc2ccc(F)cc21.O=C(O)c1ccc(Br)cn1. The molecule has 4 aliphatic heterocycles. The summed E-state index contributed by atoms with van der Waals surface area (Å²) in [5, 5.41) is 11.8. The zero-order valence-corrected chi connectivity index (χ0v) is 36.7. The number of benzene rings is 2. The van der Waals surface area contributed by atoms with Crippen molar-refractivity contribution in [3.05, 3.63) is 116 Å². The quantitative estimate of drug-likeness (QED) is 0.193. The number of likely N-dealkylation sites (tertiary alicyclic amines) is 1. The summed E-state index contributed by atoms with van der Waals surface area (Å²) in [6.07, 6.45) is 7.74. The number of fused-ring (bicyclic) bond motifs is 2. The lowest BCUT2D eigenvalue weighted by atomic mass is 9.81. The molecule has 2 atom stereocenters. The van der Waals surface area contributed by atoms with E-state index in [9.17, 15) is 18.4 Å². The Bertz CT molecular complexity index is 2060. The second-order valence-corrected chi connectivity index (χ2v) is 17.6. The Morgan fingerprint density at radius 2 is 1.20 bits per heavy atom. The number of carboxylic acids is 1. The van der Waals surface area contributed by atoms with Gasteiger partial charge in [0.05, 0.1) is 24.4 Å². The smallest absolute Gasteiger partial charge is 0.354 e. The Balaban J connectivity index is 0.000000168. The van der Waals surface area contributed by atoms with Gasteiger partial charge >= 0.3 is 5.97 Å². The zero-order valence-electron chi connectivity index (χ0n) is 33.6. The van der Waals surface area contributed by atoms with Gasteiger partial charge < -0.3 is 34.3 Å². The van der Waals surface area contributed by atoms with Gasteiger partial charge in [0.25, 0.3) is 5.91 Å². The monoisotopic (exact) mass is 942 g/mol. The van der Waals surface area contributed by atoms with Gasteiger partial charge in [-0.25, -0.2) is 23.5 Å². The van der Waals surface area contributed by atoms with Crippen LogP contribution in [0.15, 0.2) is 82.0 Å². The van der Waals surface area contributed by atoms with Crippen molar-refractivity contribution in [2.45, 2.75) is 102 Å². The van der Waals surface area contributed by atoms with Crippen LogP contribution in [0.25, 0.3) is 0 Å². The number of aromatic nitrogens is 2. The van der Waals surface area contributed by atoms with E-state index in [1.54, 1.807) is 36.5 Å². The van der Waals surface area contributed by atoms with Crippen molar-refractivity contribution < 1.29 is 42.4 Å². The van der Waals surface area contributed by atoms with Gasteiger partial charge in [-0.3, -0.25) is 4.79 Å². The van der Waals surface area contributed by atoms with Crippen LogP contribution >= 0.6 is 31.9 Å². The fraction of sp³-hybridized carbons (Fsp3) is 0.455. The first kappa shape index (κ1) is 44.5. The molecule has 0 aliphatic carbocycles. The van der Waals surface area contributed by atoms with Gasteiger partial charge in [-0.15, -0.1) is 0 Å². The summed E-state index contributed by atoms with van der Waals surface area (Å²) in [5.74, 6) is -0.134.